The van der Waals surface area contributed by atoms with Crippen molar-refractivity contribution in [3.05, 3.63) is 38.7 Å². The fourth-order valence-corrected chi connectivity index (χ4v) is 1.42. The summed E-state index contributed by atoms with van der Waals surface area (Å²) >= 11 is 0. The van der Waals surface area contributed by atoms with Crippen molar-refractivity contribution in [1.29, 1.82) is 0 Å². The van der Waals surface area contributed by atoms with Gasteiger partial charge in [-0.15, -0.1) is 0 Å². The second-order valence-corrected chi connectivity index (χ2v) is 3.73. The largest absolute Gasteiger partial charge is 0.345 e. The number of amides is 1. The van der Waals surface area contributed by atoms with E-state index in [1.807, 2.05) is 0 Å². The van der Waals surface area contributed by atoms with Crippen LogP contribution in [0.4, 0.5) is 0 Å². The van der Waals surface area contributed by atoms with Crippen molar-refractivity contribution in [2.75, 3.05) is 14.1 Å². The van der Waals surface area contributed by atoms with Gasteiger partial charge in [-0.2, -0.15) is 0 Å². The Hall–Kier alpha value is -2.44. The lowest BCUT2D eigenvalue weighted by Gasteiger charge is -2.09. The van der Waals surface area contributed by atoms with E-state index in [-0.39, 0.29) is 16.9 Å². The summed E-state index contributed by atoms with van der Waals surface area (Å²) < 4.78 is 0. The standard InChI is InChI=1S/C10H10N4O3/c1-14(2)9(16)5-3-6-7(11-4-5)12-10(17)13-8(6)15/h3-4H,1-2H3,(H2,11,12,13,15,17). The number of aromatic nitrogens is 3. The fraction of sp³-hybridized carbons (Fsp3) is 0.200. The summed E-state index contributed by atoms with van der Waals surface area (Å²) in [5, 5.41) is 0.178. The van der Waals surface area contributed by atoms with Crippen LogP contribution in [0.5, 0.6) is 0 Å². The lowest BCUT2D eigenvalue weighted by molar-refractivity contribution is 0.0827. The zero-order chi connectivity index (χ0) is 12.6. The number of carbonyl (C=O) groups excluding carboxylic acids is 1. The third kappa shape index (κ3) is 1.94. The maximum atomic E-state index is 11.7. The number of carbonyl (C=O) groups is 1. The van der Waals surface area contributed by atoms with E-state index in [1.165, 1.54) is 17.2 Å². The Balaban J connectivity index is 2.70. The Morgan fingerprint density at radius 3 is 2.65 bits per heavy atom. The highest BCUT2D eigenvalue weighted by Gasteiger charge is 2.11. The Morgan fingerprint density at radius 2 is 2.00 bits per heavy atom. The van der Waals surface area contributed by atoms with Crippen molar-refractivity contribution in [2.45, 2.75) is 0 Å². The highest BCUT2D eigenvalue weighted by atomic mass is 16.2. The summed E-state index contributed by atoms with van der Waals surface area (Å²) in [4.78, 5) is 43.9. The molecule has 0 aliphatic rings. The molecule has 1 amide bonds. The summed E-state index contributed by atoms with van der Waals surface area (Å²) in [6.07, 6.45) is 1.32. The van der Waals surface area contributed by atoms with Crippen molar-refractivity contribution >= 4 is 16.9 Å². The van der Waals surface area contributed by atoms with Gasteiger partial charge in [0.1, 0.15) is 5.65 Å². The van der Waals surface area contributed by atoms with Gasteiger partial charge in [0.15, 0.2) is 0 Å². The number of aromatic amines is 2. The molecule has 0 saturated heterocycles. The minimum atomic E-state index is -0.623. The Bertz CT molecular complexity index is 698. The molecular weight excluding hydrogens is 224 g/mol. The molecule has 0 atom stereocenters. The number of nitrogens with one attached hydrogen (secondary N) is 2. The van der Waals surface area contributed by atoms with Crippen molar-refractivity contribution < 1.29 is 4.79 Å². The highest BCUT2D eigenvalue weighted by Crippen LogP contribution is 2.06. The number of nitrogens with zero attached hydrogens (tertiary/aromatic N) is 2. The van der Waals surface area contributed by atoms with Crippen LogP contribution in [0.1, 0.15) is 10.4 Å². The lowest BCUT2D eigenvalue weighted by atomic mass is 10.2. The number of rotatable bonds is 1. The number of pyridine rings is 1. The monoisotopic (exact) mass is 234 g/mol. The van der Waals surface area contributed by atoms with Crippen molar-refractivity contribution in [1.82, 2.24) is 19.9 Å². The number of H-pyrrole nitrogens is 2. The van der Waals surface area contributed by atoms with Gasteiger partial charge in [-0.25, -0.2) is 9.78 Å². The van der Waals surface area contributed by atoms with Gasteiger partial charge < -0.3 is 4.90 Å². The van der Waals surface area contributed by atoms with Gasteiger partial charge in [-0.05, 0) is 6.07 Å². The van der Waals surface area contributed by atoms with Gasteiger partial charge in [0.05, 0.1) is 10.9 Å². The van der Waals surface area contributed by atoms with Gasteiger partial charge in [0, 0.05) is 20.3 Å². The zero-order valence-electron chi connectivity index (χ0n) is 9.27. The SMILES string of the molecule is CN(C)C(=O)c1cnc2[nH]c(=O)[nH]c(=O)c2c1. The molecule has 2 N–H and O–H groups in total. The highest BCUT2D eigenvalue weighted by molar-refractivity contribution is 5.96. The van der Waals surface area contributed by atoms with Gasteiger partial charge in [0.25, 0.3) is 11.5 Å². The molecule has 2 rings (SSSR count). The molecule has 0 aliphatic carbocycles. The molecule has 0 radical (unpaired) electrons. The molecule has 0 fully saturated rings. The summed E-state index contributed by atoms with van der Waals surface area (Å²) in [6, 6.07) is 1.40. The molecule has 0 saturated carbocycles. The maximum Gasteiger partial charge on any atom is 0.327 e. The van der Waals surface area contributed by atoms with Crippen LogP contribution in [-0.2, 0) is 0 Å². The average molecular weight is 234 g/mol. The van der Waals surface area contributed by atoms with Crippen LogP contribution in [0, 0.1) is 0 Å². The minimum Gasteiger partial charge on any atom is -0.345 e. The molecular formula is C10H10N4O3. The molecule has 0 aromatic carbocycles. The average Bonchev–Trinajstić information content (AvgIpc) is 2.27. The van der Waals surface area contributed by atoms with E-state index in [0.29, 0.717) is 5.56 Å². The molecule has 0 aliphatic heterocycles. The number of hydrogen-bond acceptors (Lipinski definition) is 4. The van der Waals surface area contributed by atoms with E-state index in [0.717, 1.165) is 0 Å². The summed E-state index contributed by atoms with van der Waals surface area (Å²) in [5.41, 5.74) is -0.736. The normalized spacial score (nSPS) is 10.5. The first kappa shape index (κ1) is 11.1. The predicted molar refractivity (Wildman–Crippen MR) is 61.0 cm³/mol. The van der Waals surface area contributed by atoms with E-state index in [2.05, 4.69) is 15.0 Å². The first-order valence-electron chi connectivity index (χ1n) is 4.83. The molecule has 7 nitrogen and oxygen atoms in total. The fourth-order valence-electron chi connectivity index (χ4n) is 1.42. The Kier molecular flexibility index (Phi) is 2.51. The number of fused-ring (bicyclic) bond motifs is 1. The van der Waals surface area contributed by atoms with Crippen LogP contribution in [0.2, 0.25) is 0 Å². The van der Waals surface area contributed by atoms with Crippen LogP contribution < -0.4 is 11.2 Å². The molecule has 2 heterocycles. The second kappa shape index (κ2) is 3.85. The topological polar surface area (TPSA) is 98.9 Å². The van der Waals surface area contributed by atoms with Gasteiger partial charge in [0.2, 0.25) is 0 Å². The second-order valence-electron chi connectivity index (χ2n) is 3.73. The molecule has 0 bridgehead atoms. The molecule has 17 heavy (non-hydrogen) atoms. The van der Waals surface area contributed by atoms with Crippen LogP contribution in [-0.4, -0.2) is 39.9 Å². The van der Waals surface area contributed by atoms with Gasteiger partial charge in [-0.3, -0.25) is 19.6 Å². The van der Waals surface area contributed by atoms with E-state index < -0.39 is 11.2 Å². The molecule has 0 unspecified atom stereocenters. The van der Waals surface area contributed by atoms with Crippen molar-refractivity contribution in [3.63, 3.8) is 0 Å². The minimum absolute atomic E-state index is 0.161. The lowest BCUT2D eigenvalue weighted by Crippen LogP contribution is -2.25. The number of hydrogen-bond donors (Lipinski definition) is 2. The first-order valence-corrected chi connectivity index (χ1v) is 4.83. The van der Waals surface area contributed by atoms with E-state index in [4.69, 9.17) is 0 Å². The molecule has 88 valence electrons. The predicted octanol–water partition coefficient (Wildman–Crippen LogP) is -0.687. The summed E-state index contributed by atoms with van der Waals surface area (Å²) in [6.45, 7) is 0. The Labute approximate surface area is 95.1 Å². The van der Waals surface area contributed by atoms with Gasteiger partial charge in [-0.1, -0.05) is 0 Å². The molecule has 2 aromatic rings. The van der Waals surface area contributed by atoms with E-state index >= 15 is 0 Å². The van der Waals surface area contributed by atoms with Crippen LogP contribution in [0.15, 0.2) is 21.9 Å². The van der Waals surface area contributed by atoms with Gasteiger partial charge >= 0.3 is 5.69 Å². The van der Waals surface area contributed by atoms with Crippen molar-refractivity contribution in [3.8, 4) is 0 Å². The van der Waals surface area contributed by atoms with Crippen LogP contribution >= 0.6 is 0 Å². The first-order chi connectivity index (χ1) is 7.99. The quantitative estimate of drug-likeness (QED) is 0.682. The summed E-state index contributed by atoms with van der Waals surface area (Å²) in [7, 11) is 3.20. The zero-order valence-corrected chi connectivity index (χ0v) is 9.27. The Morgan fingerprint density at radius 1 is 1.29 bits per heavy atom. The molecule has 2 aromatic heterocycles. The van der Waals surface area contributed by atoms with E-state index in [1.54, 1.807) is 14.1 Å². The molecule has 7 heteroatoms. The molecule has 0 spiro atoms. The maximum absolute atomic E-state index is 11.7. The van der Waals surface area contributed by atoms with E-state index in [9.17, 15) is 14.4 Å². The smallest absolute Gasteiger partial charge is 0.327 e. The summed E-state index contributed by atoms with van der Waals surface area (Å²) in [5.74, 6) is -0.259. The van der Waals surface area contributed by atoms with Crippen molar-refractivity contribution in [2.24, 2.45) is 0 Å². The third-order valence-corrected chi connectivity index (χ3v) is 2.24. The third-order valence-electron chi connectivity index (χ3n) is 2.24. The van der Waals surface area contributed by atoms with Crippen LogP contribution in [0.3, 0.4) is 0 Å². The van der Waals surface area contributed by atoms with Crippen LogP contribution in [0.25, 0.3) is 11.0 Å².